The second-order valence-electron chi connectivity index (χ2n) is 7.40. The fourth-order valence-corrected chi connectivity index (χ4v) is 3.79. The summed E-state index contributed by atoms with van der Waals surface area (Å²) in [5.41, 5.74) is 22.4. The van der Waals surface area contributed by atoms with Gasteiger partial charge in [-0.2, -0.15) is 5.10 Å². The number of carbonyl (C=O) groups excluding carboxylic acids is 1. The molecule has 1 atom stereocenters. The van der Waals surface area contributed by atoms with Crippen molar-refractivity contribution in [1.29, 1.82) is 0 Å². The zero-order valence-corrected chi connectivity index (χ0v) is 19.3. The van der Waals surface area contributed by atoms with E-state index in [1.54, 1.807) is 13.1 Å². The number of hydrogen-bond acceptors (Lipinski definition) is 5. The number of anilines is 2. The molecule has 1 amide bonds. The molecule has 0 saturated heterocycles. The molecule has 0 fully saturated rings. The molecule has 1 aliphatic rings. The van der Waals surface area contributed by atoms with E-state index in [9.17, 15) is 4.79 Å². The highest BCUT2D eigenvalue weighted by atomic mass is 35.5. The first-order chi connectivity index (χ1) is 14.8. The third-order valence-corrected chi connectivity index (χ3v) is 5.32. The number of nitrogens with one attached hydrogen (secondary N) is 2. The van der Waals surface area contributed by atoms with Crippen LogP contribution in [0, 0.1) is 17.8 Å². The van der Waals surface area contributed by atoms with Gasteiger partial charge in [-0.05, 0) is 48.8 Å². The molecule has 1 unspecified atom stereocenters. The SMILES string of the molecule is CCC.CCC1CCC(N)=C1c1cc(Cl)c(C#Cc2[nH]nc(NC)c2C(N)=O)cc1N. The van der Waals surface area contributed by atoms with Crippen LogP contribution in [0.25, 0.3) is 5.57 Å². The van der Waals surface area contributed by atoms with Crippen LogP contribution in [-0.4, -0.2) is 23.2 Å². The molecular weight excluding hydrogens is 412 g/mol. The van der Waals surface area contributed by atoms with Gasteiger partial charge in [-0.25, -0.2) is 0 Å². The van der Waals surface area contributed by atoms with Crippen molar-refractivity contribution in [3.8, 4) is 11.8 Å². The summed E-state index contributed by atoms with van der Waals surface area (Å²) in [5.74, 6) is 5.91. The van der Waals surface area contributed by atoms with Crippen LogP contribution in [0.5, 0.6) is 0 Å². The fourth-order valence-electron chi connectivity index (χ4n) is 3.57. The van der Waals surface area contributed by atoms with Gasteiger partial charge in [0.1, 0.15) is 11.3 Å². The Morgan fingerprint density at radius 3 is 2.55 bits per heavy atom. The summed E-state index contributed by atoms with van der Waals surface area (Å²) in [7, 11) is 1.64. The van der Waals surface area contributed by atoms with Crippen molar-refractivity contribution in [3.63, 3.8) is 0 Å². The largest absolute Gasteiger partial charge is 0.402 e. The summed E-state index contributed by atoms with van der Waals surface area (Å²) in [6, 6.07) is 3.55. The molecule has 0 aliphatic heterocycles. The van der Waals surface area contributed by atoms with Gasteiger partial charge in [-0.3, -0.25) is 9.89 Å². The minimum atomic E-state index is -0.627. The van der Waals surface area contributed by atoms with Crippen LogP contribution in [0.2, 0.25) is 5.02 Å². The Hall–Kier alpha value is -3.11. The van der Waals surface area contributed by atoms with Crippen LogP contribution < -0.4 is 22.5 Å². The molecule has 166 valence electrons. The normalized spacial score (nSPS) is 15.1. The lowest BCUT2D eigenvalue weighted by Gasteiger charge is -2.16. The van der Waals surface area contributed by atoms with Crippen LogP contribution in [0.3, 0.4) is 0 Å². The average molecular weight is 443 g/mol. The topological polar surface area (TPSA) is 136 Å². The summed E-state index contributed by atoms with van der Waals surface area (Å²) < 4.78 is 0. The number of H-pyrrole nitrogens is 1. The molecule has 1 aromatic carbocycles. The number of primary amides is 1. The Kier molecular flexibility index (Phi) is 8.40. The van der Waals surface area contributed by atoms with Crippen LogP contribution in [0.1, 0.15) is 73.6 Å². The van der Waals surface area contributed by atoms with E-state index in [0.717, 1.165) is 36.1 Å². The molecule has 1 aliphatic carbocycles. The summed E-state index contributed by atoms with van der Waals surface area (Å²) in [5, 5.41) is 9.94. The van der Waals surface area contributed by atoms with E-state index in [2.05, 4.69) is 48.1 Å². The zero-order valence-electron chi connectivity index (χ0n) is 18.5. The smallest absolute Gasteiger partial charge is 0.255 e. The Labute approximate surface area is 188 Å². The van der Waals surface area contributed by atoms with Crippen LogP contribution in [0.15, 0.2) is 17.8 Å². The predicted octanol–water partition coefficient (Wildman–Crippen LogP) is 4.09. The van der Waals surface area contributed by atoms with Crippen molar-refractivity contribution in [2.45, 2.75) is 46.5 Å². The van der Waals surface area contributed by atoms with Gasteiger partial charge in [-0.1, -0.05) is 44.7 Å². The van der Waals surface area contributed by atoms with Crippen LogP contribution in [0.4, 0.5) is 11.5 Å². The zero-order chi connectivity index (χ0) is 23.1. The lowest BCUT2D eigenvalue weighted by molar-refractivity contribution is 0.100. The third kappa shape index (κ3) is 5.33. The highest BCUT2D eigenvalue weighted by Crippen LogP contribution is 2.42. The first-order valence-corrected chi connectivity index (χ1v) is 10.8. The second kappa shape index (κ2) is 10.8. The van der Waals surface area contributed by atoms with Gasteiger partial charge >= 0.3 is 0 Å². The summed E-state index contributed by atoms with van der Waals surface area (Å²) >= 11 is 6.47. The first kappa shape index (κ1) is 24.2. The summed E-state index contributed by atoms with van der Waals surface area (Å²) in [6.45, 7) is 6.39. The molecule has 31 heavy (non-hydrogen) atoms. The van der Waals surface area contributed by atoms with Gasteiger partial charge in [0.05, 0.1) is 5.02 Å². The maximum Gasteiger partial charge on any atom is 0.255 e. The van der Waals surface area contributed by atoms with Crippen molar-refractivity contribution in [2.75, 3.05) is 18.1 Å². The van der Waals surface area contributed by atoms with E-state index in [-0.39, 0.29) is 5.56 Å². The number of benzene rings is 1. The minimum absolute atomic E-state index is 0.199. The van der Waals surface area contributed by atoms with Gasteiger partial charge < -0.3 is 22.5 Å². The number of hydrogen-bond donors (Lipinski definition) is 5. The van der Waals surface area contributed by atoms with Crippen LogP contribution in [-0.2, 0) is 0 Å². The van der Waals surface area contributed by atoms with Crippen LogP contribution >= 0.6 is 11.6 Å². The number of halogens is 1. The van der Waals surface area contributed by atoms with Crippen molar-refractivity contribution < 1.29 is 4.79 Å². The van der Waals surface area contributed by atoms with E-state index in [1.165, 1.54) is 6.42 Å². The predicted molar refractivity (Wildman–Crippen MR) is 129 cm³/mol. The molecular formula is C23H31ClN6O. The number of carbonyl (C=O) groups is 1. The first-order valence-electron chi connectivity index (χ1n) is 10.4. The summed E-state index contributed by atoms with van der Waals surface area (Å²) in [4.78, 5) is 11.7. The molecule has 3 rings (SSSR count). The Balaban J connectivity index is 0.00000107. The number of nitrogen functional groups attached to an aromatic ring is 1. The highest BCUT2D eigenvalue weighted by Gasteiger charge is 2.26. The maximum absolute atomic E-state index is 11.7. The quantitative estimate of drug-likeness (QED) is 0.358. The van der Waals surface area contributed by atoms with Gasteiger partial charge in [0.25, 0.3) is 5.91 Å². The fraction of sp³-hybridized carbons (Fsp3) is 0.391. The maximum atomic E-state index is 11.7. The van der Waals surface area contributed by atoms with Gasteiger partial charge in [0.15, 0.2) is 5.82 Å². The standard InChI is InChI=1S/C20H23ClN6O.C3H8/c1-3-10-4-6-14(22)17(10)12-9-13(21)11(8-15(12)23)5-7-16-18(19(24)28)20(25-2)27-26-16;1-3-2/h8-10H,3-4,6,22-23H2,1-2H3,(H2,24,28)(H2,25,26,27);3H2,1-2H3. The monoisotopic (exact) mass is 442 g/mol. The molecule has 1 heterocycles. The number of aromatic nitrogens is 2. The number of amides is 1. The van der Waals surface area contributed by atoms with Gasteiger partial charge in [0.2, 0.25) is 0 Å². The molecule has 0 spiro atoms. The molecule has 0 bridgehead atoms. The number of aromatic amines is 1. The third-order valence-electron chi connectivity index (χ3n) is 5.01. The van der Waals surface area contributed by atoms with E-state index in [4.69, 9.17) is 28.8 Å². The number of nitrogens with zero attached hydrogens (tertiary/aromatic N) is 1. The Morgan fingerprint density at radius 2 is 1.97 bits per heavy atom. The van der Waals surface area contributed by atoms with E-state index < -0.39 is 5.91 Å². The Bertz CT molecular complexity index is 1040. The molecule has 0 radical (unpaired) electrons. The molecule has 8 N–H and O–H groups in total. The molecule has 0 saturated carbocycles. The lowest BCUT2D eigenvalue weighted by atomic mass is 9.91. The Morgan fingerprint density at radius 1 is 1.29 bits per heavy atom. The number of rotatable bonds is 4. The van der Waals surface area contributed by atoms with E-state index in [0.29, 0.717) is 33.7 Å². The van der Waals surface area contributed by atoms with Gasteiger partial charge in [0, 0.05) is 29.6 Å². The molecule has 1 aromatic heterocycles. The molecule has 8 heteroatoms. The summed E-state index contributed by atoms with van der Waals surface area (Å²) in [6.07, 6.45) is 4.15. The molecule has 7 nitrogen and oxygen atoms in total. The minimum Gasteiger partial charge on any atom is -0.402 e. The second-order valence-corrected chi connectivity index (χ2v) is 7.80. The number of allylic oxidation sites excluding steroid dienone is 2. The van der Waals surface area contributed by atoms with Gasteiger partial charge in [-0.15, -0.1) is 0 Å². The van der Waals surface area contributed by atoms with E-state index in [1.807, 2.05) is 6.07 Å². The highest BCUT2D eigenvalue weighted by molar-refractivity contribution is 6.32. The van der Waals surface area contributed by atoms with Crippen molar-refractivity contribution in [3.05, 3.63) is 45.2 Å². The average Bonchev–Trinajstić information content (AvgIpc) is 3.31. The molecule has 2 aromatic rings. The van der Waals surface area contributed by atoms with E-state index >= 15 is 0 Å². The number of nitrogens with two attached hydrogens (primary N) is 3. The van der Waals surface area contributed by atoms with Crippen molar-refractivity contribution in [2.24, 2.45) is 17.4 Å². The van der Waals surface area contributed by atoms with Crippen molar-refractivity contribution in [1.82, 2.24) is 10.2 Å². The lowest BCUT2D eigenvalue weighted by Crippen LogP contribution is -2.13. The van der Waals surface area contributed by atoms with Crippen molar-refractivity contribution >= 4 is 34.6 Å².